The van der Waals surface area contributed by atoms with Crippen LogP contribution in [-0.4, -0.2) is 10.2 Å². The maximum atomic E-state index is 14.5. The van der Waals surface area contributed by atoms with Gasteiger partial charge in [-0.15, -0.1) is 10.2 Å². The van der Waals surface area contributed by atoms with Crippen molar-refractivity contribution >= 4 is 17.3 Å². The number of nitrogens with one attached hydrogen (secondary N) is 1. The van der Waals surface area contributed by atoms with E-state index in [0.717, 1.165) is 5.56 Å². The van der Waals surface area contributed by atoms with E-state index >= 15 is 0 Å². The summed E-state index contributed by atoms with van der Waals surface area (Å²) in [6, 6.07) is 18.9. The van der Waals surface area contributed by atoms with Crippen LogP contribution >= 0.6 is 11.6 Å². The molecule has 0 aliphatic heterocycles. The molecule has 0 saturated heterocycles. The predicted octanol–water partition coefficient (Wildman–Crippen LogP) is 5.87. The highest BCUT2D eigenvalue weighted by molar-refractivity contribution is 6.31. The number of hydrogen-bond donors (Lipinski definition) is 1. The van der Waals surface area contributed by atoms with Crippen LogP contribution in [0.1, 0.15) is 17.5 Å². The Morgan fingerprint density at radius 2 is 1.61 bits per heavy atom. The summed E-state index contributed by atoms with van der Waals surface area (Å²) in [5.74, 6) is -0.494. The second-order valence-electron chi connectivity index (χ2n) is 6.04. The third-order valence-corrected chi connectivity index (χ3v) is 4.44. The van der Waals surface area contributed by atoms with Crippen molar-refractivity contribution in [3.05, 3.63) is 101 Å². The Hall–Kier alpha value is -3.25. The number of halogens is 3. The van der Waals surface area contributed by atoms with Crippen LogP contribution in [0.5, 0.6) is 0 Å². The fourth-order valence-electron chi connectivity index (χ4n) is 2.78. The summed E-state index contributed by atoms with van der Waals surface area (Å²) in [7, 11) is 0. The average Bonchev–Trinajstić information content (AvgIpc) is 3.20. The molecule has 1 unspecified atom stereocenters. The molecular weight excluding hydrogens is 384 g/mol. The molecule has 0 fully saturated rings. The maximum Gasteiger partial charge on any atom is 0.247 e. The van der Waals surface area contributed by atoms with Gasteiger partial charge in [0.25, 0.3) is 0 Å². The van der Waals surface area contributed by atoms with E-state index in [9.17, 15) is 8.78 Å². The Morgan fingerprint density at radius 1 is 0.857 bits per heavy atom. The van der Waals surface area contributed by atoms with E-state index in [1.54, 1.807) is 18.2 Å². The van der Waals surface area contributed by atoms with Crippen molar-refractivity contribution in [2.75, 3.05) is 5.32 Å². The van der Waals surface area contributed by atoms with Gasteiger partial charge in [-0.05, 0) is 36.4 Å². The smallest absolute Gasteiger partial charge is 0.247 e. The molecule has 0 amide bonds. The van der Waals surface area contributed by atoms with Crippen molar-refractivity contribution in [2.24, 2.45) is 0 Å². The summed E-state index contributed by atoms with van der Waals surface area (Å²) >= 11 is 5.86. The number of hydrogen-bond acceptors (Lipinski definition) is 4. The molecule has 140 valence electrons. The van der Waals surface area contributed by atoms with Gasteiger partial charge >= 0.3 is 0 Å². The molecule has 4 rings (SSSR count). The molecule has 0 bridgehead atoms. The molecule has 1 atom stereocenters. The lowest BCUT2D eigenvalue weighted by molar-refractivity contribution is 0.485. The van der Waals surface area contributed by atoms with Gasteiger partial charge in [-0.3, -0.25) is 0 Å². The molecule has 7 heteroatoms. The Balaban J connectivity index is 1.74. The van der Waals surface area contributed by atoms with E-state index in [4.69, 9.17) is 16.0 Å². The minimum atomic E-state index is -0.785. The minimum Gasteiger partial charge on any atom is -0.418 e. The van der Waals surface area contributed by atoms with E-state index in [0.29, 0.717) is 17.1 Å². The van der Waals surface area contributed by atoms with Crippen LogP contribution in [0.3, 0.4) is 0 Å². The van der Waals surface area contributed by atoms with E-state index in [-0.39, 0.29) is 10.9 Å². The summed E-state index contributed by atoms with van der Waals surface area (Å²) in [6.07, 6.45) is 0. The number of aromatic nitrogens is 2. The van der Waals surface area contributed by atoms with Crippen LogP contribution in [0.25, 0.3) is 11.5 Å². The van der Waals surface area contributed by atoms with Crippen molar-refractivity contribution in [3.8, 4) is 11.5 Å². The van der Waals surface area contributed by atoms with Crippen LogP contribution < -0.4 is 5.32 Å². The molecule has 1 N–H and O–H groups in total. The molecule has 28 heavy (non-hydrogen) atoms. The number of benzene rings is 3. The summed E-state index contributed by atoms with van der Waals surface area (Å²) in [5.41, 5.74) is 1.55. The zero-order valence-electron chi connectivity index (χ0n) is 14.4. The lowest BCUT2D eigenvalue weighted by Crippen LogP contribution is -2.14. The van der Waals surface area contributed by atoms with Gasteiger partial charge in [0.2, 0.25) is 11.8 Å². The molecule has 4 aromatic rings. The summed E-state index contributed by atoms with van der Waals surface area (Å²) in [5, 5.41) is 11.2. The molecular formula is C21H14ClF2N3O. The van der Waals surface area contributed by atoms with Crippen LogP contribution in [-0.2, 0) is 0 Å². The van der Waals surface area contributed by atoms with Gasteiger partial charge in [-0.1, -0.05) is 48.0 Å². The van der Waals surface area contributed by atoms with Crippen molar-refractivity contribution in [1.82, 2.24) is 10.2 Å². The van der Waals surface area contributed by atoms with Crippen molar-refractivity contribution in [3.63, 3.8) is 0 Å². The average molecular weight is 398 g/mol. The quantitative estimate of drug-likeness (QED) is 0.457. The van der Waals surface area contributed by atoms with Gasteiger partial charge in [0.15, 0.2) is 0 Å². The first-order chi connectivity index (χ1) is 13.6. The Morgan fingerprint density at radius 3 is 2.36 bits per heavy atom. The molecule has 0 aliphatic carbocycles. The Kier molecular flexibility index (Phi) is 5.04. The van der Waals surface area contributed by atoms with Gasteiger partial charge in [-0.25, -0.2) is 8.78 Å². The normalized spacial score (nSPS) is 12.0. The highest BCUT2D eigenvalue weighted by Gasteiger charge is 2.24. The summed E-state index contributed by atoms with van der Waals surface area (Å²) in [6.45, 7) is 0. The predicted molar refractivity (Wildman–Crippen MR) is 103 cm³/mol. The van der Waals surface area contributed by atoms with Crippen LogP contribution in [0.15, 0.2) is 77.2 Å². The molecule has 3 aromatic carbocycles. The first-order valence-electron chi connectivity index (χ1n) is 8.46. The number of rotatable bonds is 5. The molecule has 0 radical (unpaired) electrons. The van der Waals surface area contributed by atoms with Gasteiger partial charge in [0, 0.05) is 16.8 Å². The molecule has 0 aliphatic rings. The van der Waals surface area contributed by atoms with Crippen LogP contribution in [0.4, 0.5) is 14.5 Å². The third kappa shape index (κ3) is 3.73. The summed E-state index contributed by atoms with van der Waals surface area (Å²) < 4.78 is 33.8. The summed E-state index contributed by atoms with van der Waals surface area (Å²) in [4.78, 5) is 0. The molecule has 1 heterocycles. The lowest BCUT2D eigenvalue weighted by atomic mass is 10.1. The number of nitrogens with zero attached hydrogens (tertiary/aromatic N) is 2. The Bertz CT molecular complexity index is 1100. The fourth-order valence-corrected chi connectivity index (χ4v) is 2.96. The SMILES string of the molecule is Fc1ccc(NC(c2nnc(-c3ccccc3)o2)c2ccccc2F)cc1Cl. The van der Waals surface area contributed by atoms with E-state index in [1.807, 2.05) is 30.3 Å². The van der Waals surface area contributed by atoms with E-state index < -0.39 is 17.7 Å². The topological polar surface area (TPSA) is 51.0 Å². The zero-order chi connectivity index (χ0) is 19.5. The highest BCUT2D eigenvalue weighted by atomic mass is 35.5. The molecule has 0 saturated carbocycles. The van der Waals surface area contributed by atoms with Gasteiger partial charge < -0.3 is 9.73 Å². The van der Waals surface area contributed by atoms with E-state index in [1.165, 1.54) is 24.3 Å². The second-order valence-corrected chi connectivity index (χ2v) is 6.45. The second kappa shape index (κ2) is 7.78. The fraction of sp³-hybridized carbons (Fsp3) is 0.0476. The highest BCUT2D eigenvalue weighted by Crippen LogP contribution is 2.31. The zero-order valence-corrected chi connectivity index (χ0v) is 15.2. The minimum absolute atomic E-state index is 0.0483. The first kappa shape index (κ1) is 18.1. The number of anilines is 1. The van der Waals surface area contributed by atoms with Crippen molar-refractivity contribution in [1.29, 1.82) is 0 Å². The van der Waals surface area contributed by atoms with Crippen LogP contribution in [0, 0.1) is 11.6 Å². The van der Waals surface area contributed by atoms with Crippen molar-refractivity contribution in [2.45, 2.75) is 6.04 Å². The molecule has 0 spiro atoms. The van der Waals surface area contributed by atoms with Gasteiger partial charge in [0.1, 0.15) is 17.7 Å². The van der Waals surface area contributed by atoms with Gasteiger partial charge in [0.05, 0.1) is 5.02 Å². The van der Waals surface area contributed by atoms with Gasteiger partial charge in [-0.2, -0.15) is 0 Å². The van der Waals surface area contributed by atoms with Crippen molar-refractivity contribution < 1.29 is 13.2 Å². The maximum absolute atomic E-state index is 14.5. The lowest BCUT2D eigenvalue weighted by Gasteiger charge is -2.18. The largest absolute Gasteiger partial charge is 0.418 e. The third-order valence-electron chi connectivity index (χ3n) is 4.16. The standard InChI is InChI=1S/C21H14ClF2N3O/c22-16-12-14(10-11-18(16)24)25-19(15-8-4-5-9-17(15)23)21-27-26-20(28-21)13-6-2-1-3-7-13/h1-12,19,25H. The van der Waals surface area contributed by atoms with E-state index in [2.05, 4.69) is 15.5 Å². The monoisotopic (exact) mass is 397 g/mol. The first-order valence-corrected chi connectivity index (χ1v) is 8.84. The molecule has 4 nitrogen and oxygen atoms in total. The Labute approximate surface area is 164 Å². The van der Waals surface area contributed by atoms with Crippen LogP contribution in [0.2, 0.25) is 5.02 Å². The molecule has 1 aromatic heterocycles.